The van der Waals surface area contributed by atoms with Crippen molar-refractivity contribution in [3.63, 3.8) is 0 Å². The first-order valence-electron chi connectivity index (χ1n) is 4.58. The third kappa shape index (κ3) is 2.51. The maximum atomic E-state index is 10.8. The van der Waals surface area contributed by atoms with Crippen LogP contribution in [-0.2, 0) is 0 Å². The van der Waals surface area contributed by atoms with Crippen LogP contribution in [0.25, 0.3) is 0 Å². The van der Waals surface area contributed by atoms with E-state index in [-0.39, 0.29) is 5.69 Å². The summed E-state index contributed by atoms with van der Waals surface area (Å²) in [4.78, 5) is 12.5. The van der Waals surface area contributed by atoms with Crippen molar-refractivity contribution in [3.05, 3.63) is 21.1 Å². The van der Waals surface area contributed by atoms with Crippen LogP contribution < -0.4 is 4.90 Å². The molecule has 6 heteroatoms. The average Bonchev–Trinajstić information content (AvgIpc) is 2.62. The highest BCUT2D eigenvalue weighted by Gasteiger charge is 2.23. The number of hydrogen-bond donors (Lipinski definition) is 1. The molecule has 0 bridgehead atoms. The predicted octanol–water partition coefficient (Wildman–Crippen LogP) is 1.78. The summed E-state index contributed by atoms with van der Waals surface area (Å²) < 4.78 is 0. The van der Waals surface area contributed by atoms with Crippen LogP contribution in [0.1, 0.15) is 17.9 Å². The Labute approximate surface area is 97.5 Å². The summed E-state index contributed by atoms with van der Waals surface area (Å²) in [6.07, 6.45) is 4.44. The molecule has 1 N–H and O–H groups in total. The largest absolute Gasteiger partial charge is 0.388 e. The van der Waals surface area contributed by atoms with Gasteiger partial charge in [0.2, 0.25) is 0 Å². The molecular weight excluding hydrogens is 228 g/mol. The minimum atomic E-state index is -0.711. The Balaban J connectivity index is 3.15. The summed E-state index contributed by atoms with van der Waals surface area (Å²) >= 11 is 1.18. The third-order valence-electron chi connectivity index (χ3n) is 2.00. The lowest BCUT2D eigenvalue weighted by atomic mass is 10.3. The molecule has 1 atom stereocenters. The van der Waals surface area contributed by atoms with E-state index in [1.165, 1.54) is 17.4 Å². The normalized spacial score (nSPS) is 11.9. The van der Waals surface area contributed by atoms with Crippen molar-refractivity contribution >= 4 is 22.0 Å². The topological polar surface area (TPSA) is 66.6 Å². The fourth-order valence-electron chi connectivity index (χ4n) is 1.21. The Morgan fingerprint density at radius 3 is 2.88 bits per heavy atom. The van der Waals surface area contributed by atoms with Gasteiger partial charge in [0.05, 0.1) is 17.6 Å². The molecule has 1 rings (SSSR count). The lowest BCUT2D eigenvalue weighted by Crippen LogP contribution is -2.16. The SMILES string of the molecule is C#CCN(C)c1sc(C(C)O)cc1[N+](=O)[O-]. The van der Waals surface area contributed by atoms with Gasteiger partial charge in [-0.2, -0.15) is 0 Å². The molecule has 1 unspecified atom stereocenters. The first kappa shape index (κ1) is 12.5. The molecule has 0 fully saturated rings. The molecule has 0 aromatic carbocycles. The van der Waals surface area contributed by atoms with Crippen molar-refractivity contribution < 1.29 is 10.0 Å². The van der Waals surface area contributed by atoms with Gasteiger partial charge >= 0.3 is 5.69 Å². The fourth-order valence-corrected chi connectivity index (χ4v) is 2.23. The van der Waals surface area contributed by atoms with Crippen LogP contribution in [0, 0.1) is 22.5 Å². The van der Waals surface area contributed by atoms with E-state index >= 15 is 0 Å². The molecule has 0 aliphatic heterocycles. The minimum Gasteiger partial charge on any atom is -0.388 e. The number of aliphatic hydroxyl groups is 1. The number of nitro groups is 1. The molecule has 5 nitrogen and oxygen atoms in total. The summed E-state index contributed by atoms with van der Waals surface area (Å²) in [6, 6.07) is 1.39. The first-order valence-corrected chi connectivity index (χ1v) is 5.39. The van der Waals surface area contributed by atoms with E-state index in [2.05, 4.69) is 5.92 Å². The van der Waals surface area contributed by atoms with E-state index in [9.17, 15) is 15.2 Å². The summed E-state index contributed by atoms with van der Waals surface area (Å²) in [5.74, 6) is 2.42. The molecule has 1 aromatic heterocycles. The zero-order valence-corrected chi connectivity index (χ0v) is 9.82. The fraction of sp³-hybridized carbons (Fsp3) is 0.400. The number of thiophene rings is 1. The zero-order chi connectivity index (χ0) is 12.3. The molecule has 0 radical (unpaired) electrons. The average molecular weight is 240 g/mol. The predicted molar refractivity (Wildman–Crippen MR) is 63.7 cm³/mol. The van der Waals surface area contributed by atoms with Gasteiger partial charge in [0, 0.05) is 18.0 Å². The van der Waals surface area contributed by atoms with Crippen LogP contribution in [0.15, 0.2) is 6.07 Å². The highest BCUT2D eigenvalue weighted by Crippen LogP contribution is 2.39. The van der Waals surface area contributed by atoms with Gasteiger partial charge in [0.25, 0.3) is 0 Å². The standard InChI is InChI=1S/C10H12N2O3S/c1-4-5-11(3)10-8(12(14)15)6-9(16-10)7(2)13/h1,6-7,13H,5H2,2-3H3. The molecule has 0 saturated heterocycles. The number of aliphatic hydroxyl groups excluding tert-OH is 1. The molecule has 16 heavy (non-hydrogen) atoms. The molecule has 0 aliphatic rings. The summed E-state index contributed by atoms with van der Waals surface area (Å²) in [5, 5.41) is 20.7. The second kappa shape index (κ2) is 4.96. The van der Waals surface area contributed by atoms with E-state index in [0.29, 0.717) is 16.4 Å². The van der Waals surface area contributed by atoms with Crippen molar-refractivity contribution in [2.75, 3.05) is 18.5 Å². The van der Waals surface area contributed by atoms with Crippen molar-refractivity contribution in [2.45, 2.75) is 13.0 Å². The van der Waals surface area contributed by atoms with Crippen LogP contribution in [0.5, 0.6) is 0 Å². The van der Waals surface area contributed by atoms with E-state index in [0.717, 1.165) is 0 Å². The molecule has 86 valence electrons. The maximum Gasteiger partial charge on any atom is 0.304 e. The molecule has 0 saturated carbocycles. The molecule has 1 aromatic rings. The van der Waals surface area contributed by atoms with E-state index < -0.39 is 11.0 Å². The van der Waals surface area contributed by atoms with Gasteiger partial charge in [-0.15, -0.1) is 17.8 Å². The third-order valence-corrected chi connectivity index (χ3v) is 3.41. The molecule has 1 heterocycles. The van der Waals surface area contributed by atoms with E-state index in [1.54, 1.807) is 18.9 Å². The van der Waals surface area contributed by atoms with Gasteiger partial charge in [-0.25, -0.2) is 0 Å². The summed E-state index contributed by atoms with van der Waals surface area (Å²) in [6.45, 7) is 1.86. The molecular formula is C10H12N2O3S. The zero-order valence-electron chi connectivity index (χ0n) is 9.01. The van der Waals surface area contributed by atoms with Gasteiger partial charge < -0.3 is 10.0 Å². The van der Waals surface area contributed by atoms with Crippen molar-refractivity contribution in [3.8, 4) is 12.3 Å². The second-order valence-corrected chi connectivity index (χ2v) is 4.39. The number of rotatable bonds is 4. The highest BCUT2D eigenvalue weighted by atomic mass is 32.1. The second-order valence-electron chi connectivity index (χ2n) is 3.33. The number of terminal acetylenes is 1. The van der Waals surface area contributed by atoms with Gasteiger partial charge in [0.1, 0.15) is 0 Å². The molecule has 0 spiro atoms. The Kier molecular flexibility index (Phi) is 3.88. The van der Waals surface area contributed by atoms with E-state index in [1.807, 2.05) is 0 Å². The van der Waals surface area contributed by atoms with Gasteiger partial charge in [-0.05, 0) is 6.92 Å². The highest BCUT2D eigenvalue weighted by molar-refractivity contribution is 7.16. The monoisotopic (exact) mass is 240 g/mol. The van der Waals surface area contributed by atoms with Crippen LogP contribution in [-0.4, -0.2) is 23.6 Å². The smallest absolute Gasteiger partial charge is 0.304 e. The van der Waals surface area contributed by atoms with Crippen molar-refractivity contribution in [1.82, 2.24) is 0 Å². The van der Waals surface area contributed by atoms with Crippen LogP contribution >= 0.6 is 11.3 Å². The van der Waals surface area contributed by atoms with Crippen LogP contribution in [0.3, 0.4) is 0 Å². The summed E-state index contributed by atoms with van der Waals surface area (Å²) in [7, 11) is 1.69. The summed E-state index contributed by atoms with van der Waals surface area (Å²) in [5.41, 5.74) is -0.0151. The number of hydrogen-bond acceptors (Lipinski definition) is 5. The Morgan fingerprint density at radius 1 is 1.81 bits per heavy atom. The lowest BCUT2D eigenvalue weighted by Gasteiger charge is -2.12. The number of anilines is 1. The van der Waals surface area contributed by atoms with Gasteiger partial charge in [-0.3, -0.25) is 10.1 Å². The Hall–Kier alpha value is -1.58. The number of nitrogens with zero attached hydrogens (tertiary/aromatic N) is 2. The Morgan fingerprint density at radius 2 is 2.44 bits per heavy atom. The lowest BCUT2D eigenvalue weighted by molar-refractivity contribution is -0.383. The van der Waals surface area contributed by atoms with Crippen LogP contribution in [0.2, 0.25) is 0 Å². The van der Waals surface area contributed by atoms with Gasteiger partial charge in [-0.1, -0.05) is 5.92 Å². The van der Waals surface area contributed by atoms with Crippen LogP contribution in [0.4, 0.5) is 10.7 Å². The van der Waals surface area contributed by atoms with Crippen molar-refractivity contribution in [1.29, 1.82) is 0 Å². The van der Waals surface area contributed by atoms with E-state index in [4.69, 9.17) is 6.42 Å². The van der Waals surface area contributed by atoms with Gasteiger partial charge in [0.15, 0.2) is 5.00 Å². The first-order chi connectivity index (χ1) is 7.47. The molecule has 0 aliphatic carbocycles. The minimum absolute atomic E-state index is 0.0151. The maximum absolute atomic E-state index is 10.8. The quantitative estimate of drug-likeness (QED) is 0.495. The molecule has 0 amide bonds. The Bertz CT molecular complexity index is 434. The van der Waals surface area contributed by atoms with Crippen molar-refractivity contribution in [2.24, 2.45) is 0 Å².